The zero-order valence-corrected chi connectivity index (χ0v) is 19.3. The second kappa shape index (κ2) is 9.27. The number of urea groups is 1. The summed E-state index contributed by atoms with van der Waals surface area (Å²) in [4.78, 5) is 16.7. The van der Waals surface area contributed by atoms with Crippen LogP contribution in [-0.2, 0) is 0 Å². The molecule has 0 aliphatic carbocycles. The van der Waals surface area contributed by atoms with Gasteiger partial charge in [-0.3, -0.25) is 0 Å². The van der Waals surface area contributed by atoms with Crippen LogP contribution in [0.3, 0.4) is 0 Å². The van der Waals surface area contributed by atoms with E-state index in [1.54, 1.807) is 4.90 Å². The number of hydrogen-bond donors (Lipinski definition) is 1. The molecule has 2 heterocycles. The standard InChI is InChI=1S/C26H23ClFN5O/c1-17-16-32(26(34)29-19-11-12-23(28)22(27)15-19)13-14-33(17)25-21-10-6-5-9-20(21)24(30-31-25)18-7-3-2-4-8-18/h2-12,15,17H,13-14,16H2,1H3,(H,29,34)/t17-/m0/s1. The van der Waals surface area contributed by atoms with Crippen LogP contribution in [0.15, 0.2) is 72.8 Å². The third kappa shape index (κ3) is 4.26. The smallest absolute Gasteiger partial charge is 0.321 e. The lowest BCUT2D eigenvalue weighted by Crippen LogP contribution is -2.55. The van der Waals surface area contributed by atoms with Crippen molar-refractivity contribution >= 4 is 39.9 Å². The van der Waals surface area contributed by atoms with Gasteiger partial charge in [0.25, 0.3) is 0 Å². The molecule has 6 nitrogen and oxygen atoms in total. The average Bonchev–Trinajstić information content (AvgIpc) is 2.86. The van der Waals surface area contributed by atoms with Gasteiger partial charge in [0.15, 0.2) is 5.82 Å². The molecule has 0 radical (unpaired) electrons. The molecule has 5 rings (SSSR count). The predicted octanol–water partition coefficient (Wildman–Crippen LogP) is 5.83. The molecule has 1 aromatic heterocycles. The van der Waals surface area contributed by atoms with Crippen molar-refractivity contribution in [1.82, 2.24) is 15.1 Å². The van der Waals surface area contributed by atoms with Crippen LogP contribution in [0, 0.1) is 5.82 Å². The highest BCUT2D eigenvalue weighted by molar-refractivity contribution is 6.31. The molecule has 172 valence electrons. The molecule has 1 saturated heterocycles. The SMILES string of the molecule is C[C@H]1CN(C(=O)Nc2ccc(F)c(Cl)c2)CCN1c1nnc(-c2ccccc2)c2ccccc12. The minimum absolute atomic E-state index is 0.0246. The number of carbonyl (C=O) groups excluding carboxylic acids is 1. The number of amides is 2. The monoisotopic (exact) mass is 475 g/mol. The van der Waals surface area contributed by atoms with Crippen LogP contribution in [0.1, 0.15) is 6.92 Å². The summed E-state index contributed by atoms with van der Waals surface area (Å²) in [7, 11) is 0. The van der Waals surface area contributed by atoms with Crippen molar-refractivity contribution in [3.05, 3.63) is 83.6 Å². The number of nitrogens with zero attached hydrogens (tertiary/aromatic N) is 4. The van der Waals surface area contributed by atoms with E-state index < -0.39 is 5.82 Å². The molecule has 0 bridgehead atoms. The van der Waals surface area contributed by atoms with Crippen LogP contribution in [0.2, 0.25) is 5.02 Å². The van der Waals surface area contributed by atoms with Gasteiger partial charge in [0.2, 0.25) is 0 Å². The lowest BCUT2D eigenvalue weighted by molar-refractivity contribution is 0.200. The molecule has 1 aliphatic heterocycles. The van der Waals surface area contributed by atoms with Crippen molar-refractivity contribution < 1.29 is 9.18 Å². The Morgan fingerprint density at radius 3 is 2.47 bits per heavy atom. The van der Waals surface area contributed by atoms with E-state index in [-0.39, 0.29) is 17.1 Å². The van der Waals surface area contributed by atoms with Gasteiger partial charge in [-0.25, -0.2) is 9.18 Å². The first-order valence-electron chi connectivity index (χ1n) is 11.1. The minimum atomic E-state index is -0.520. The lowest BCUT2D eigenvalue weighted by atomic mass is 10.0. The van der Waals surface area contributed by atoms with Crippen molar-refractivity contribution in [3.63, 3.8) is 0 Å². The minimum Gasteiger partial charge on any atom is -0.348 e. The highest BCUT2D eigenvalue weighted by atomic mass is 35.5. The number of nitrogens with one attached hydrogen (secondary N) is 1. The number of fused-ring (bicyclic) bond motifs is 1. The molecule has 1 aliphatic rings. The number of halogens is 2. The Hall–Kier alpha value is -3.71. The topological polar surface area (TPSA) is 61.4 Å². The summed E-state index contributed by atoms with van der Waals surface area (Å²) in [5, 5.41) is 14.0. The zero-order chi connectivity index (χ0) is 23.7. The molecule has 1 fully saturated rings. The Balaban J connectivity index is 1.36. The highest BCUT2D eigenvalue weighted by Crippen LogP contribution is 2.32. The van der Waals surface area contributed by atoms with Gasteiger partial charge < -0.3 is 15.1 Å². The number of rotatable bonds is 3. The van der Waals surface area contributed by atoms with E-state index in [2.05, 4.69) is 39.5 Å². The maximum atomic E-state index is 13.4. The molecule has 0 unspecified atom stereocenters. The molecule has 2 amide bonds. The fraction of sp³-hybridized carbons (Fsp3) is 0.192. The van der Waals surface area contributed by atoms with E-state index in [1.807, 2.05) is 42.5 Å². The van der Waals surface area contributed by atoms with Crippen LogP contribution >= 0.6 is 11.6 Å². The third-order valence-electron chi connectivity index (χ3n) is 6.07. The van der Waals surface area contributed by atoms with E-state index in [0.29, 0.717) is 25.3 Å². The summed E-state index contributed by atoms with van der Waals surface area (Å²) in [5.74, 6) is 0.293. The number of piperazine rings is 1. The van der Waals surface area contributed by atoms with Gasteiger partial charge >= 0.3 is 6.03 Å². The van der Waals surface area contributed by atoms with Crippen LogP contribution in [0.25, 0.3) is 22.0 Å². The maximum Gasteiger partial charge on any atom is 0.321 e. The van der Waals surface area contributed by atoms with Crippen molar-refractivity contribution in [3.8, 4) is 11.3 Å². The van der Waals surface area contributed by atoms with Crippen molar-refractivity contribution in [2.45, 2.75) is 13.0 Å². The number of hydrogen-bond acceptors (Lipinski definition) is 4. The Morgan fingerprint density at radius 1 is 1.00 bits per heavy atom. The van der Waals surface area contributed by atoms with E-state index in [9.17, 15) is 9.18 Å². The Bertz CT molecular complexity index is 1350. The van der Waals surface area contributed by atoms with E-state index >= 15 is 0 Å². The normalized spacial score (nSPS) is 16.0. The number of aromatic nitrogens is 2. The predicted molar refractivity (Wildman–Crippen MR) is 134 cm³/mol. The van der Waals surface area contributed by atoms with Crippen LogP contribution in [0.5, 0.6) is 0 Å². The summed E-state index contributed by atoms with van der Waals surface area (Å²) >= 11 is 5.83. The van der Waals surface area contributed by atoms with Gasteiger partial charge in [0.05, 0.1) is 5.02 Å². The fourth-order valence-corrected chi connectivity index (χ4v) is 4.52. The van der Waals surface area contributed by atoms with Crippen LogP contribution in [-0.4, -0.2) is 46.8 Å². The van der Waals surface area contributed by atoms with Gasteiger partial charge in [-0.2, -0.15) is 0 Å². The molecule has 1 atom stereocenters. The second-order valence-corrected chi connectivity index (χ2v) is 8.74. The van der Waals surface area contributed by atoms with E-state index in [1.165, 1.54) is 18.2 Å². The summed E-state index contributed by atoms with van der Waals surface area (Å²) < 4.78 is 13.4. The molecule has 4 aromatic rings. The van der Waals surface area contributed by atoms with Crippen molar-refractivity contribution in [2.75, 3.05) is 29.9 Å². The first-order valence-corrected chi connectivity index (χ1v) is 11.5. The van der Waals surface area contributed by atoms with E-state index in [4.69, 9.17) is 11.6 Å². The number of carbonyl (C=O) groups is 1. The van der Waals surface area contributed by atoms with Crippen LogP contribution < -0.4 is 10.2 Å². The molecule has 3 aromatic carbocycles. The highest BCUT2D eigenvalue weighted by Gasteiger charge is 2.29. The van der Waals surface area contributed by atoms with Gasteiger partial charge in [0, 0.05) is 47.7 Å². The summed E-state index contributed by atoms with van der Waals surface area (Å²) in [6.07, 6.45) is 0. The Morgan fingerprint density at radius 2 is 1.74 bits per heavy atom. The first-order chi connectivity index (χ1) is 16.5. The van der Waals surface area contributed by atoms with Crippen molar-refractivity contribution in [2.24, 2.45) is 0 Å². The molecular formula is C26H23ClFN5O. The fourth-order valence-electron chi connectivity index (χ4n) is 4.34. The Labute approximate surface area is 202 Å². The largest absolute Gasteiger partial charge is 0.348 e. The summed E-state index contributed by atoms with van der Waals surface area (Å²) in [6, 6.07) is 22.1. The quantitative estimate of drug-likeness (QED) is 0.405. The number of anilines is 2. The summed E-state index contributed by atoms with van der Waals surface area (Å²) in [5.41, 5.74) is 2.33. The number of benzene rings is 3. The van der Waals surface area contributed by atoms with Gasteiger partial charge in [-0.1, -0.05) is 66.2 Å². The molecule has 34 heavy (non-hydrogen) atoms. The second-order valence-electron chi connectivity index (χ2n) is 8.33. The molecular weight excluding hydrogens is 453 g/mol. The van der Waals surface area contributed by atoms with Gasteiger partial charge in [-0.05, 0) is 25.1 Å². The van der Waals surface area contributed by atoms with Gasteiger partial charge in [-0.15, -0.1) is 10.2 Å². The molecule has 0 saturated carbocycles. The van der Waals surface area contributed by atoms with Crippen LogP contribution in [0.4, 0.5) is 20.7 Å². The van der Waals surface area contributed by atoms with Gasteiger partial charge in [0.1, 0.15) is 11.5 Å². The average molecular weight is 476 g/mol. The third-order valence-corrected chi connectivity index (χ3v) is 6.36. The lowest BCUT2D eigenvalue weighted by Gasteiger charge is -2.40. The molecule has 1 N–H and O–H groups in total. The molecule has 0 spiro atoms. The first kappa shape index (κ1) is 22.1. The molecule has 8 heteroatoms. The summed E-state index contributed by atoms with van der Waals surface area (Å²) in [6.45, 7) is 3.70. The Kier molecular flexibility index (Phi) is 6.02. The van der Waals surface area contributed by atoms with E-state index in [0.717, 1.165) is 27.8 Å². The zero-order valence-electron chi connectivity index (χ0n) is 18.6. The maximum absolute atomic E-state index is 13.4. The van der Waals surface area contributed by atoms with Crippen molar-refractivity contribution in [1.29, 1.82) is 0 Å².